The molecule has 3 heteroatoms. The van der Waals surface area contributed by atoms with Gasteiger partial charge in [0.25, 0.3) is 0 Å². The summed E-state index contributed by atoms with van der Waals surface area (Å²) in [4.78, 5) is 14.4. The maximum atomic E-state index is 5.11. The molecule has 5 aromatic carbocycles. The van der Waals surface area contributed by atoms with E-state index < -0.39 is 5.41 Å². The Morgan fingerprint density at radius 1 is 0.422 bits per heavy atom. The van der Waals surface area contributed by atoms with Crippen LogP contribution in [-0.2, 0) is 5.41 Å². The van der Waals surface area contributed by atoms with Gasteiger partial charge in [0.1, 0.15) is 0 Å². The Morgan fingerprint density at radius 2 is 1.02 bits per heavy atom. The highest BCUT2D eigenvalue weighted by atomic mass is 14.9. The molecular formula is C42H27N3. The molecule has 0 saturated heterocycles. The van der Waals surface area contributed by atoms with Crippen LogP contribution in [-0.4, -0.2) is 15.0 Å². The molecular weight excluding hydrogens is 546 g/mol. The van der Waals surface area contributed by atoms with Gasteiger partial charge in [-0.3, -0.25) is 4.98 Å². The molecule has 0 saturated carbocycles. The second kappa shape index (κ2) is 10.1. The first kappa shape index (κ1) is 25.6. The quantitative estimate of drug-likeness (QED) is 0.211. The van der Waals surface area contributed by atoms with E-state index in [2.05, 4.69) is 126 Å². The van der Waals surface area contributed by atoms with Crippen molar-refractivity contribution in [2.75, 3.05) is 0 Å². The maximum absolute atomic E-state index is 5.11. The van der Waals surface area contributed by atoms with E-state index in [1.165, 1.54) is 44.5 Å². The van der Waals surface area contributed by atoms with Gasteiger partial charge in [-0.1, -0.05) is 127 Å². The lowest BCUT2D eigenvalue weighted by Gasteiger charge is -2.35. The molecule has 2 heterocycles. The number of aromatic nitrogens is 3. The minimum atomic E-state index is -0.442. The lowest BCUT2D eigenvalue weighted by atomic mass is 9.66. The molecule has 0 N–H and O–H groups in total. The van der Waals surface area contributed by atoms with E-state index in [1.807, 2.05) is 36.5 Å². The molecule has 0 bridgehead atoms. The fraction of sp³-hybridized carbons (Fsp3) is 0.0238. The van der Waals surface area contributed by atoms with E-state index in [-0.39, 0.29) is 0 Å². The molecule has 2 aliphatic rings. The first-order valence-corrected chi connectivity index (χ1v) is 15.3. The normalized spacial score (nSPS) is 13.4. The molecule has 1 spiro atoms. The highest BCUT2D eigenvalue weighted by Gasteiger charge is 2.48. The number of hydrogen-bond acceptors (Lipinski definition) is 3. The van der Waals surface area contributed by atoms with Crippen LogP contribution in [0.1, 0.15) is 33.4 Å². The Balaban J connectivity index is 1.31. The van der Waals surface area contributed by atoms with Crippen LogP contribution in [0.5, 0.6) is 0 Å². The third kappa shape index (κ3) is 3.87. The third-order valence-corrected chi connectivity index (χ3v) is 9.23. The van der Waals surface area contributed by atoms with Gasteiger partial charge in [-0.2, -0.15) is 0 Å². The lowest BCUT2D eigenvalue weighted by molar-refractivity contribution is 0.766. The zero-order valence-electron chi connectivity index (χ0n) is 24.4. The molecule has 210 valence electrons. The van der Waals surface area contributed by atoms with E-state index in [9.17, 15) is 0 Å². The molecule has 0 amide bonds. The van der Waals surface area contributed by atoms with Crippen molar-refractivity contribution in [3.05, 3.63) is 185 Å². The van der Waals surface area contributed by atoms with E-state index in [4.69, 9.17) is 9.97 Å². The molecule has 0 radical (unpaired) electrons. The smallest absolute Gasteiger partial charge is 0.161 e. The van der Waals surface area contributed by atoms with Crippen LogP contribution < -0.4 is 0 Å². The van der Waals surface area contributed by atoms with Crippen molar-refractivity contribution in [3.8, 4) is 45.0 Å². The lowest BCUT2D eigenvalue weighted by Crippen LogP contribution is -2.29. The summed E-state index contributed by atoms with van der Waals surface area (Å²) in [6.45, 7) is 0. The number of benzene rings is 5. The van der Waals surface area contributed by atoms with Crippen molar-refractivity contribution < 1.29 is 0 Å². The number of nitrogens with zero attached hydrogens (tertiary/aromatic N) is 3. The number of fused-ring (bicyclic) bond motifs is 9. The topological polar surface area (TPSA) is 38.7 Å². The molecule has 45 heavy (non-hydrogen) atoms. The van der Waals surface area contributed by atoms with Crippen LogP contribution in [0.2, 0.25) is 0 Å². The molecule has 7 aromatic rings. The Labute approximate surface area is 262 Å². The molecule has 0 fully saturated rings. The predicted molar refractivity (Wildman–Crippen MR) is 182 cm³/mol. The van der Waals surface area contributed by atoms with Gasteiger partial charge in [0.15, 0.2) is 5.82 Å². The Kier molecular flexibility index (Phi) is 5.72. The molecule has 2 aromatic heterocycles. The molecule has 0 unspecified atom stereocenters. The summed E-state index contributed by atoms with van der Waals surface area (Å²) < 4.78 is 0. The second-order valence-corrected chi connectivity index (χ2v) is 11.6. The van der Waals surface area contributed by atoms with E-state index in [1.54, 1.807) is 6.20 Å². The first-order valence-electron chi connectivity index (χ1n) is 15.3. The third-order valence-electron chi connectivity index (χ3n) is 9.23. The summed E-state index contributed by atoms with van der Waals surface area (Å²) in [6, 6.07) is 49.9. The fourth-order valence-corrected chi connectivity index (χ4v) is 7.29. The molecule has 0 aliphatic heterocycles. The van der Waals surface area contributed by atoms with E-state index >= 15 is 0 Å². The molecule has 2 aliphatic carbocycles. The van der Waals surface area contributed by atoms with Gasteiger partial charge >= 0.3 is 0 Å². The van der Waals surface area contributed by atoms with Gasteiger partial charge in [-0.25, -0.2) is 9.97 Å². The highest BCUT2D eigenvalue weighted by Crippen LogP contribution is 2.58. The first-order chi connectivity index (χ1) is 22.3. The van der Waals surface area contributed by atoms with Gasteiger partial charge in [-0.05, 0) is 68.8 Å². The summed E-state index contributed by atoms with van der Waals surface area (Å²) in [5, 5.41) is 0. The average molecular weight is 574 g/mol. The Hall–Kier alpha value is -5.93. The van der Waals surface area contributed by atoms with Crippen LogP contribution in [0.3, 0.4) is 0 Å². The van der Waals surface area contributed by atoms with Crippen molar-refractivity contribution in [2.45, 2.75) is 5.41 Å². The Morgan fingerprint density at radius 3 is 1.73 bits per heavy atom. The second-order valence-electron chi connectivity index (χ2n) is 11.6. The van der Waals surface area contributed by atoms with Crippen molar-refractivity contribution in [1.82, 2.24) is 15.0 Å². The van der Waals surface area contributed by atoms with Crippen LogP contribution in [0.4, 0.5) is 0 Å². The monoisotopic (exact) mass is 573 g/mol. The van der Waals surface area contributed by atoms with Crippen molar-refractivity contribution >= 4 is 12.2 Å². The van der Waals surface area contributed by atoms with E-state index in [0.717, 1.165) is 28.1 Å². The SMILES string of the molecule is C1=Cc2ccccc2C2(c3ccccc31)c1ccccc1-c1cc(-c3cc(-c4ccccc4)nc(-c4cccnc4)n3)ccc12. The fourth-order valence-electron chi connectivity index (χ4n) is 7.29. The summed E-state index contributed by atoms with van der Waals surface area (Å²) in [7, 11) is 0. The number of rotatable bonds is 3. The van der Waals surface area contributed by atoms with Gasteiger partial charge in [0.05, 0.1) is 16.8 Å². The zero-order chi connectivity index (χ0) is 29.8. The number of pyridine rings is 1. The van der Waals surface area contributed by atoms with Gasteiger partial charge in [-0.15, -0.1) is 0 Å². The molecule has 3 nitrogen and oxygen atoms in total. The van der Waals surface area contributed by atoms with Crippen molar-refractivity contribution in [2.24, 2.45) is 0 Å². The average Bonchev–Trinajstić information content (AvgIpc) is 3.32. The van der Waals surface area contributed by atoms with Crippen LogP contribution in [0, 0.1) is 0 Å². The van der Waals surface area contributed by atoms with Crippen molar-refractivity contribution in [1.29, 1.82) is 0 Å². The summed E-state index contributed by atoms with van der Waals surface area (Å²) in [6.07, 6.45) is 8.14. The summed E-state index contributed by atoms with van der Waals surface area (Å²) >= 11 is 0. The highest BCUT2D eigenvalue weighted by molar-refractivity contribution is 5.92. The summed E-state index contributed by atoms with van der Waals surface area (Å²) in [5.74, 6) is 0.662. The van der Waals surface area contributed by atoms with Crippen LogP contribution in [0.25, 0.3) is 57.2 Å². The predicted octanol–water partition coefficient (Wildman–Crippen LogP) is 9.72. The summed E-state index contributed by atoms with van der Waals surface area (Å²) in [5.41, 5.74) is 14.5. The van der Waals surface area contributed by atoms with Gasteiger partial charge in [0, 0.05) is 29.1 Å². The largest absolute Gasteiger partial charge is 0.264 e. The minimum Gasteiger partial charge on any atom is -0.264 e. The maximum Gasteiger partial charge on any atom is 0.161 e. The van der Waals surface area contributed by atoms with Crippen LogP contribution in [0.15, 0.2) is 152 Å². The zero-order valence-corrected chi connectivity index (χ0v) is 24.4. The molecule has 0 atom stereocenters. The minimum absolute atomic E-state index is 0.442. The van der Waals surface area contributed by atoms with Crippen LogP contribution >= 0.6 is 0 Å². The van der Waals surface area contributed by atoms with E-state index in [0.29, 0.717) is 5.82 Å². The van der Waals surface area contributed by atoms with Crippen molar-refractivity contribution in [3.63, 3.8) is 0 Å². The standard InChI is InChI=1S/C42H27N3/c1-2-13-30(14-3-1)39-26-40(45-41(44-39)32-15-10-24-43-27-32)31-22-23-38-34(25-31)33-16-6-9-19-37(33)42(38)35-17-7-4-11-28(35)20-21-29-12-5-8-18-36(29)42/h1-27H. The molecule has 9 rings (SSSR count). The van der Waals surface area contributed by atoms with Gasteiger partial charge in [0.2, 0.25) is 0 Å². The Bertz CT molecular complexity index is 2160. The number of hydrogen-bond donors (Lipinski definition) is 0. The van der Waals surface area contributed by atoms with Gasteiger partial charge < -0.3 is 0 Å².